The van der Waals surface area contributed by atoms with Gasteiger partial charge in [0.2, 0.25) is 0 Å². The Labute approximate surface area is 271 Å². The van der Waals surface area contributed by atoms with Crippen molar-refractivity contribution >= 4 is 11.9 Å². The Bertz CT molecular complexity index is 712. The van der Waals surface area contributed by atoms with Gasteiger partial charge in [-0.15, -0.1) is 0 Å². The smallest absolute Gasteiger partial charge is 0.307 e. The highest BCUT2D eigenvalue weighted by molar-refractivity contribution is 5.70. The third-order valence-corrected chi connectivity index (χ3v) is 8.54. The molecule has 0 atom stereocenters. The number of unbranched alkanes of at least 4 members (excludes halogenated alkanes) is 20. The van der Waals surface area contributed by atoms with Crippen molar-refractivity contribution in [2.45, 2.75) is 174 Å². The van der Waals surface area contributed by atoms with Crippen LogP contribution < -0.4 is 0 Å². The van der Waals surface area contributed by atoms with Crippen LogP contribution in [0.2, 0.25) is 0 Å². The van der Waals surface area contributed by atoms with E-state index < -0.39 is 0 Å². The lowest BCUT2D eigenvalue weighted by molar-refractivity contribution is -0.144. The van der Waals surface area contributed by atoms with Gasteiger partial charge in [0.1, 0.15) is 0 Å². The molecule has 0 spiro atoms. The maximum absolute atomic E-state index is 12.4. The molecule has 0 aliphatic rings. The summed E-state index contributed by atoms with van der Waals surface area (Å²) in [6.45, 7) is 7.45. The third-order valence-electron chi connectivity index (χ3n) is 8.54. The number of rotatable bonds is 33. The van der Waals surface area contributed by atoms with Gasteiger partial charge in [-0.1, -0.05) is 142 Å². The number of nitrogens with zero attached hydrogens (tertiary/aromatic N) is 2. The van der Waals surface area contributed by atoms with Crippen molar-refractivity contribution in [3.63, 3.8) is 0 Å². The molecule has 0 bridgehead atoms. The first-order chi connectivity index (χ1) is 21.7. The molecule has 1 N–H and O–H groups in total. The zero-order chi connectivity index (χ0) is 31.8. The highest BCUT2D eigenvalue weighted by atomic mass is 16.5. The zero-order valence-electron chi connectivity index (χ0n) is 28.9. The average molecular weight is 620 g/mol. The Kier molecular flexibility index (Phi) is 28.4. The van der Waals surface area contributed by atoms with Crippen LogP contribution in [0.1, 0.15) is 174 Å². The lowest BCUT2D eigenvalue weighted by Crippen LogP contribution is -2.31. The number of imidazole rings is 1. The topological polar surface area (TPSA) is 84.5 Å². The van der Waals surface area contributed by atoms with Crippen LogP contribution in [0.15, 0.2) is 12.5 Å². The number of hydrogen-bond donors (Lipinski definition) is 1. The summed E-state index contributed by atoms with van der Waals surface area (Å²) in [5.74, 6) is -0.301. The minimum absolute atomic E-state index is 0.150. The number of aromatic nitrogens is 2. The van der Waals surface area contributed by atoms with E-state index in [0.717, 1.165) is 44.3 Å². The molecule has 1 aromatic rings. The maximum Gasteiger partial charge on any atom is 0.307 e. The maximum atomic E-state index is 12.4. The summed E-state index contributed by atoms with van der Waals surface area (Å²) < 4.78 is 11.0. The van der Waals surface area contributed by atoms with Crippen LogP contribution in [0.5, 0.6) is 0 Å². The molecule has 0 radical (unpaired) electrons. The van der Waals surface area contributed by atoms with Crippen LogP contribution >= 0.6 is 0 Å². The minimum Gasteiger partial charge on any atom is -0.466 e. The van der Waals surface area contributed by atoms with Crippen molar-refractivity contribution in [2.24, 2.45) is 0 Å². The Morgan fingerprint density at radius 2 is 0.977 bits per heavy atom. The van der Waals surface area contributed by atoms with Gasteiger partial charge in [-0.3, -0.25) is 9.59 Å². The third kappa shape index (κ3) is 26.5. The van der Waals surface area contributed by atoms with Gasteiger partial charge in [-0.25, -0.2) is 4.98 Å². The molecule has 7 nitrogen and oxygen atoms in total. The molecule has 44 heavy (non-hydrogen) atoms. The summed E-state index contributed by atoms with van der Waals surface area (Å²) in [5, 5.41) is 0. The van der Waals surface area contributed by atoms with Gasteiger partial charge in [0.05, 0.1) is 32.4 Å². The summed E-state index contributed by atoms with van der Waals surface area (Å²) in [4.78, 5) is 34.2. The van der Waals surface area contributed by atoms with Crippen LogP contribution in [0, 0.1) is 0 Å². The zero-order valence-corrected chi connectivity index (χ0v) is 28.9. The minimum atomic E-state index is -0.150. The van der Waals surface area contributed by atoms with E-state index in [2.05, 4.69) is 28.7 Å². The SMILES string of the molecule is CCCCCCCCCCCCCOC(=O)CCN(CCC(=O)OCCCCCCCCCCCCC)CCc1cnc[nH]1. The van der Waals surface area contributed by atoms with Crippen molar-refractivity contribution < 1.29 is 19.1 Å². The molecule has 0 fully saturated rings. The average Bonchev–Trinajstić information content (AvgIpc) is 3.55. The van der Waals surface area contributed by atoms with E-state index in [1.807, 2.05) is 6.20 Å². The number of ether oxygens (including phenoxy) is 2. The first-order valence-corrected chi connectivity index (χ1v) is 18.7. The number of nitrogens with one attached hydrogen (secondary N) is 1. The lowest BCUT2D eigenvalue weighted by Gasteiger charge is -2.21. The monoisotopic (exact) mass is 620 g/mol. The summed E-state index contributed by atoms with van der Waals surface area (Å²) in [5.41, 5.74) is 1.05. The standard InChI is InChI=1S/C37H69N3O4/c1-3-5-7-9-11-13-15-17-19-21-23-31-43-36(41)26-29-40(28-25-35-33-38-34-39-35)30-27-37(42)44-32-24-22-20-18-16-14-12-10-8-6-4-2/h33-34H,3-32H2,1-2H3,(H,38,39). The molecule has 0 saturated carbocycles. The second-order valence-corrected chi connectivity index (χ2v) is 12.7. The largest absolute Gasteiger partial charge is 0.466 e. The summed E-state index contributed by atoms with van der Waals surface area (Å²) in [6.07, 6.45) is 33.1. The molecule has 0 amide bonds. The van der Waals surface area contributed by atoms with E-state index in [-0.39, 0.29) is 11.9 Å². The molecule has 0 unspecified atom stereocenters. The highest BCUT2D eigenvalue weighted by Crippen LogP contribution is 2.13. The van der Waals surface area contributed by atoms with Crippen molar-refractivity contribution in [1.29, 1.82) is 0 Å². The second-order valence-electron chi connectivity index (χ2n) is 12.7. The second kappa shape index (κ2) is 31.1. The fourth-order valence-corrected chi connectivity index (χ4v) is 5.58. The van der Waals surface area contributed by atoms with Gasteiger partial charge < -0.3 is 19.4 Å². The van der Waals surface area contributed by atoms with Crippen molar-refractivity contribution in [1.82, 2.24) is 14.9 Å². The fourth-order valence-electron chi connectivity index (χ4n) is 5.58. The van der Waals surface area contributed by atoms with Crippen molar-refractivity contribution in [3.8, 4) is 0 Å². The molecule has 7 heteroatoms. The van der Waals surface area contributed by atoms with Gasteiger partial charge in [0.15, 0.2) is 0 Å². The molecular weight excluding hydrogens is 550 g/mol. The lowest BCUT2D eigenvalue weighted by atomic mass is 10.1. The van der Waals surface area contributed by atoms with Crippen molar-refractivity contribution in [3.05, 3.63) is 18.2 Å². The van der Waals surface area contributed by atoms with E-state index in [4.69, 9.17) is 9.47 Å². The molecule has 1 heterocycles. The van der Waals surface area contributed by atoms with Gasteiger partial charge in [-0.05, 0) is 12.8 Å². The van der Waals surface area contributed by atoms with E-state index in [1.165, 1.54) is 116 Å². The van der Waals surface area contributed by atoms with Crippen LogP contribution in [0.4, 0.5) is 0 Å². The van der Waals surface area contributed by atoms with Crippen LogP contribution in [0.3, 0.4) is 0 Å². The van der Waals surface area contributed by atoms with E-state index in [0.29, 0.717) is 39.1 Å². The van der Waals surface area contributed by atoms with Gasteiger partial charge in [0, 0.05) is 37.9 Å². The molecule has 1 aromatic heterocycles. The molecule has 0 aliphatic carbocycles. The predicted molar refractivity (Wildman–Crippen MR) is 183 cm³/mol. The predicted octanol–water partition coefficient (Wildman–Crippen LogP) is 9.74. The quantitative estimate of drug-likeness (QED) is 0.0623. The van der Waals surface area contributed by atoms with Gasteiger partial charge in [-0.2, -0.15) is 0 Å². The Morgan fingerprint density at radius 1 is 0.591 bits per heavy atom. The molecule has 0 aromatic carbocycles. The summed E-state index contributed by atoms with van der Waals surface area (Å²) in [7, 11) is 0. The molecule has 1 rings (SSSR count). The van der Waals surface area contributed by atoms with E-state index in [1.54, 1.807) is 6.33 Å². The Balaban J connectivity index is 2.12. The van der Waals surface area contributed by atoms with Crippen molar-refractivity contribution in [2.75, 3.05) is 32.8 Å². The molecular formula is C37H69N3O4. The van der Waals surface area contributed by atoms with Gasteiger partial charge in [0.25, 0.3) is 0 Å². The number of carbonyl (C=O) groups excluding carboxylic acids is 2. The summed E-state index contributed by atoms with van der Waals surface area (Å²) in [6, 6.07) is 0. The normalized spacial score (nSPS) is 11.3. The molecule has 0 saturated heterocycles. The summed E-state index contributed by atoms with van der Waals surface area (Å²) >= 11 is 0. The fraction of sp³-hybridized carbons (Fsp3) is 0.865. The highest BCUT2D eigenvalue weighted by Gasteiger charge is 2.13. The molecule has 0 aliphatic heterocycles. The van der Waals surface area contributed by atoms with Crippen LogP contribution in [0.25, 0.3) is 0 Å². The molecule has 256 valence electrons. The van der Waals surface area contributed by atoms with Gasteiger partial charge >= 0.3 is 11.9 Å². The van der Waals surface area contributed by atoms with Crippen LogP contribution in [-0.2, 0) is 25.5 Å². The number of H-pyrrole nitrogens is 1. The first kappa shape index (κ1) is 40.1. The van der Waals surface area contributed by atoms with E-state index >= 15 is 0 Å². The number of hydrogen-bond acceptors (Lipinski definition) is 6. The van der Waals surface area contributed by atoms with Crippen LogP contribution in [-0.4, -0.2) is 59.7 Å². The Hall–Kier alpha value is -1.89. The first-order valence-electron chi connectivity index (χ1n) is 18.7. The number of aromatic amines is 1. The van der Waals surface area contributed by atoms with E-state index in [9.17, 15) is 9.59 Å². The number of esters is 2. The Morgan fingerprint density at radius 3 is 1.34 bits per heavy atom. The number of carbonyl (C=O) groups is 2.